The van der Waals surface area contributed by atoms with Gasteiger partial charge in [-0.05, 0) is 72.3 Å². The molecule has 1 atom stereocenters. The number of carbonyl (C=O) groups excluding carboxylic acids is 1. The fraction of sp³-hybridized carbons (Fsp3) is 0.293. The zero-order chi connectivity index (χ0) is 38.2. The van der Waals surface area contributed by atoms with Gasteiger partial charge >= 0.3 is 0 Å². The van der Waals surface area contributed by atoms with E-state index in [1.807, 2.05) is 66.3 Å². The van der Waals surface area contributed by atoms with Gasteiger partial charge in [0.15, 0.2) is 0 Å². The number of nitrogens with one attached hydrogen (secondary N) is 2. The number of carbonyl (C=O) groups is 1. The molecule has 55 heavy (non-hydrogen) atoms. The fourth-order valence-electron chi connectivity index (χ4n) is 5.54. The third kappa shape index (κ3) is 12.2. The first-order valence-corrected chi connectivity index (χ1v) is 19.5. The molecule has 0 bridgehead atoms. The zero-order valence-corrected chi connectivity index (χ0v) is 32.7. The minimum atomic E-state index is -0.327. The quantitative estimate of drug-likeness (QED) is 0.0654. The maximum absolute atomic E-state index is 12.6. The number of halogens is 2. The molecule has 11 nitrogen and oxygen atoms in total. The molecule has 6 rings (SSSR count). The summed E-state index contributed by atoms with van der Waals surface area (Å²) in [4.78, 5) is 21.5. The molecule has 4 aromatic carbocycles. The van der Waals surface area contributed by atoms with Crippen LogP contribution in [0, 0.1) is 0 Å². The van der Waals surface area contributed by atoms with Crippen LogP contribution >= 0.6 is 34.5 Å². The number of ether oxygens (including phenoxy) is 5. The molecule has 0 fully saturated rings. The molecule has 0 aliphatic carbocycles. The normalized spacial score (nSPS) is 11.8. The molecule has 2 heterocycles. The summed E-state index contributed by atoms with van der Waals surface area (Å²) in [5.41, 5.74) is 5.41. The molecule has 1 amide bonds. The average Bonchev–Trinajstić information content (AvgIpc) is 3.89. The Hall–Kier alpha value is -4.53. The molecule has 288 valence electrons. The Bertz CT molecular complexity index is 2080. The third-order valence-electron chi connectivity index (χ3n) is 8.47. The Kier molecular flexibility index (Phi) is 15.3. The number of imidazole rings is 1. The van der Waals surface area contributed by atoms with Crippen molar-refractivity contribution in [1.82, 2.24) is 19.9 Å². The fourth-order valence-corrected chi connectivity index (χ4v) is 7.07. The number of hydrogen-bond acceptors (Lipinski definition) is 10. The van der Waals surface area contributed by atoms with Gasteiger partial charge in [0, 0.05) is 58.4 Å². The predicted octanol–water partition coefficient (Wildman–Crippen LogP) is 8.33. The second kappa shape index (κ2) is 21.0. The smallest absolute Gasteiger partial charge is 0.251 e. The van der Waals surface area contributed by atoms with Crippen molar-refractivity contribution in [2.24, 2.45) is 0 Å². The minimum Gasteiger partial charge on any atom is -0.491 e. The van der Waals surface area contributed by atoms with Crippen LogP contribution in [0.15, 0.2) is 104 Å². The van der Waals surface area contributed by atoms with Crippen LogP contribution in [0.25, 0.3) is 20.8 Å². The molecule has 0 spiro atoms. The van der Waals surface area contributed by atoms with Crippen LogP contribution in [-0.4, -0.2) is 80.3 Å². The van der Waals surface area contributed by atoms with E-state index >= 15 is 0 Å². The highest BCUT2D eigenvalue weighted by Gasteiger charge is 2.17. The molecular formula is C41H43Cl2N5O6S. The first-order valence-electron chi connectivity index (χ1n) is 17.9. The number of hydrogen-bond donors (Lipinski definition) is 2. The van der Waals surface area contributed by atoms with Crippen molar-refractivity contribution in [1.29, 1.82) is 0 Å². The van der Waals surface area contributed by atoms with Crippen LogP contribution in [0.1, 0.15) is 27.6 Å². The molecule has 14 heteroatoms. The van der Waals surface area contributed by atoms with Gasteiger partial charge in [-0.2, -0.15) is 0 Å². The number of thiazole rings is 1. The van der Waals surface area contributed by atoms with E-state index in [2.05, 4.69) is 27.8 Å². The summed E-state index contributed by atoms with van der Waals surface area (Å²) in [7, 11) is 1.90. The molecule has 2 N–H and O–H groups in total. The number of benzene rings is 4. The highest BCUT2D eigenvalue weighted by Crippen LogP contribution is 2.33. The van der Waals surface area contributed by atoms with Gasteiger partial charge in [-0.15, -0.1) is 11.3 Å². The predicted molar refractivity (Wildman–Crippen MR) is 218 cm³/mol. The molecule has 0 aliphatic heterocycles. The van der Waals surface area contributed by atoms with Crippen molar-refractivity contribution in [3.63, 3.8) is 0 Å². The monoisotopic (exact) mass is 803 g/mol. The summed E-state index contributed by atoms with van der Waals surface area (Å²) in [5, 5.41) is 8.09. The van der Waals surface area contributed by atoms with Crippen molar-refractivity contribution < 1.29 is 28.5 Å². The van der Waals surface area contributed by atoms with Gasteiger partial charge in [-0.25, -0.2) is 9.97 Å². The minimum absolute atomic E-state index is 0.177. The van der Waals surface area contributed by atoms with Crippen LogP contribution in [0.2, 0.25) is 10.0 Å². The van der Waals surface area contributed by atoms with Crippen molar-refractivity contribution in [2.45, 2.75) is 19.3 Å². The summed E-state index contributed by atoms with van der Waals surface area (Å²) in [6.07, 6.45) is 4.99. The standard InChI is InChI=1S/C41H43Cl2N5O6S/c1-44-33-9-6-31(7-10-33)41-47-37-13-11-34(25-39(37)55-41)53-23-22-52-21-20-51-19-18-50-17-15-46-40(49)30-4-2-29(3-5-30)27-54-38(26-48-16-14-45-28-48)35-12-8-32(42)24-36(35)43/h2-14,16,24-25,28,38,44H,15,17-23,26-27H2,1H3,(H,46,49). The van der Waals surface area contributed by atoms with E-state index in [-0.39, 0.29) is 12.0 Å². The summed E-state index contributed by atoms with van der Waals surface area (Å²) in [5.74, 6) is 0.610. The largest absolute Gasteiger partial charge is 0.491 e. The van der Waals surface area contributed by atoms with E-state index in [0.717, 1.165) is 43.4 Å². The summed E-state index contributed by atoms with van der Waals surface area (Å²) in [6.45, 7) is 4.26. The van der Waals surface area contributed by atoms with E-state index in [1.165, 1.54) is 0 Å². The van der Waals surface area contributed by atoms with E-state index < -0.39 is 0 Å². The second-order valence-electron chi connectivity index (χ2n) is 12.3. The van der Waals surface area contributed by atoms with Crippen LogP contribution in [0.4, 0.5) is 5.69 Å². The number of fused-ring (bicyclic) bond motifs is 1. The van der Waals surface area contributed by atoms with Crippen molar-refractivity contribution in [2.75, 3.05) is 65.2 Å². The van der Waals surface area contributed by atoms with E-state index in [4.69, 9.17) is 51.9 Å². The lowest BCUT2D eigenvalue weighted by Crippen LogP contribution is -2.27. The third-order valence-corrected chi connectivity index (χ3v) is 10.1. The van der Waals surface area contributed by atoms with Gasteiger partial charge < -0.3 is 38.9 Å². The first-order chi connectivity index (χ1) is 26.9. The summed E-state index contributed by atoms with van der Waals surface area (Å²) >= 11 is 14.2. The van der Waals surface area contributed by atoms with Gasteiger partial charge in [-0.1, -0.05) is 41.4 Å². The number of aromatic nitrogens is 3. The average molecular weight is 805 g/mol. The summed E-state index contributed by atoms with van der Waals surface area (Å²) in [6, 6.07) is 26.8. The van der Waals surface area contributed by atoms with Crippen LogP contribution < -0.4 is 15.4 Å². The lowest BCUT2D eigenvalue weighted by Gasteiger charge is -2.20. The highest BCUT2D eigenvalue weighted by atomic mass is 35.5. The number of amides is 1. The van der Waals surface area contributed by atoms with Gasteiger partial charge in [0.05, 0.1) is 69.3 Å². The molecule has 0 saturated carbocycles. The van der Waals surface area contributed by atoms with Gasteiger partial charge in [0.1, 0.15) is 23.5 Å². The van der Waals surface area contributed by atoms with Gasteiger partial charge in [-0.3, -0.25) is 4.79 Å². The first kappa shape index (κ1) is 40.1. The van der Waals surface area contributed by atoms with Crippen LogP contribution in [0.3, 0.4) is 0 Å². The Morgan fingerprint density at radius 3 is 2.31 bits per heavy atom. The van der Waals surface area contributed by atoms with Crippen molar-refractivity contribution in [3.05, 3.63) is 130 Å². The molecule has 0 saturated heterocycles. The highest BCUT2D eigenvalue weighted by molar-refractivity contribution is 7.21. The lowest BCUT2D eigenvalue weighted by atomic mass is 10.1. The summed E-state index contributed by atoms with van der Waals surface area (Å²) < 4.78 is 32.0. The van der Waals surface area contributed by atoms with Crippen LogP contribution in [0.5, 0.6) is 5.75 Å². The number of anilines is 1. The van der Waals surface area contributed by atoms with E-state index in [9.17, 15) is 4.79 Å². The second-order valence-corrected chi connectivity index (χ2v) is 14.2. The van der Waals surface area contributed by atoms with E-state index in [0.29, 0.717) is 81.6 Å². The topological polar surface area (TPSA) is 118 Å². The number of nitrogens with zero attached hydrogens (tertiary/aromatic N) is 3. The van der Waals surface area contributed by atoms with Gasteiger partial charge in [0.25, 0.3) is 5.91 Å². The Labute approximate surface area is 334 Å². The molecule has 1 unspecified atom stereocenters. The van der Waals surface area contributed by atoms with Crippen LogP contribution in [-0.2, 0) is 32.1 Å². The maximum atomic E-state index is 12.6. The Balaban J connectivity index is 0.792. The maximum Gasteiger partial charge on any atom is 0.251 e. The van der Waals surface area contributed by atoms with E-state index in [1.54, 1.807) is 48.1 Å². The molecule has 6 aromatic rings. The Morgan fingerprint density at radius 2 is 1.60 bits per heavy atom. The SMILES string of the molecule is CNc1ccc(-c2nc3ccc(OCCOCCOCCOCCNC(=O)c4ccc(COC(Cn5ccnc5)c5ccc(Cl)cc5Cl)cc4)cc3s2)cc1. The Morgan fingerprint density at radius 1 is 0.855 bits per heavy atom. The van der Waals surface area contributed by atoms with Crippen molar-refractivity contribution in [3.8, 4) is 16.3 Å². The molecular weight excluding hydrogens is 761 g/mol. The molecule has 0 aliphatic rings. The lowest BCUT2D eigenvalue weighted by molar-refractivity contribution is 0.00989. The number of rotatable bonds is 22. The molecule has 2 aromatic heterocycles. The zero-order valence-electron chi connectivity index (χ0n) is 30.4. The van der Waals surface area contributed by atoms with Crippen molar-refractivity contribution >= 4 is 56.3 Å². The molecule has 0 radical (unpaired) electrons. The van der Waals surface area contributed by atoms with Gasteiger partial charge in [0.2, 0.25) is 0 Å².